The predicted octanol–water partition coefficient (Wildman–Crippen LogP) is -0.307. The number of rotatable bonds is 3. The van der Waals surface area contributed by atoms with Crippen LogP contribution in [-0.2, 0) is 14.3 Å². The van der Waals surface area contributed by atoms with Gasteiger partial charge < -0.3 is 14.4 Å². The standard InChI is InChI=1S/C6H13NO3/c1-7(2)5(8)6(9-3)10-4/h6H,1-4H3. The fourth-order valence-corrected chi connectivity index (χ4v) is 0.509. The number of ether oxygens (including phenoxy) is 2. The number of carbonyl (C=O) groups excluding carboxylic acids is 1. The van der Waals surface area contributed by atoms with Gasteiger partial charge in [-0.15, -0.1) is 0 Å². The average molecular weight is 147 g/mol. The third-order valence-corrected chi connectivity index (χ3v) is 1.07. The molecule has 0 atom stereocenters. The SMILES string of the molecule is COC(OC)C(=O)N(C)C. The maximum absolute atomic E-state index is 11.0. The number of amides is 1. The van der Waals surface area contributed by atoms with Crippen LogP contribution in [0.5, 0.6) is 0 Å². The van der Waals surface area contributed by atoms with Crippen molar-refractivity contribution in [2.75, 3.05) is 28.3 Å². The lowest BCUT2D eigenvalue weighted by Crippen LogP contribution is -2.35. The van der Waals surface area contributed by atoms with Gasteiger partial charge in [0.15, 0.2) is 0 Å². The summed E-state index contributed by atoms with van der Waals surface area (Å²) in [5.74, 6) is -0.190. The van der Waals surface area contributed by atoms with Gasteiger partial charge in [-0.2, -0.15) is 0 Å². The third-order valence-electron chi connectivity index (χ3n) is 1.07. The van der Waals surface area contributed by atoms with Gasteiger partial charge in [0.05, 0.1) is 0 Å². The van der Waals surface area contributed by atoms with Crippen molar-refractivity contribution in [2.45, 2.75) is 6.29 Å². The van der Waals surface area contributed by atoms with E-state index in [1.54, 1.807) is 14.1 Å². The van der Waals surface area contributed by atoms with Crippen LogP contribution in [0, 0.1) is 0 Å². The second-order valence-corrected chi connectivity index (χ2v) is 2.04. The Morgan fingerprint density at radius 1 is 1.30 bits per heavy atom. The molecule has 0 aromatic rings. The highest BCUT2D eigenvalue weighted by Gasteiger charge is 2.17. The van der Waals surface area contributed by atoms with Crippen molar-refractivity contribution in [3.8, 4) is 0 Å². The Labute approximate surface area is 60.7 Å². The fourth-order valence-electron chi connectivity index (χ4n) is 0.509. The molecule has 0 fully saturated rings. The molecule has 0 saturated heterocycles. The summed E-state index contributed by atoms with van der Waals surface area (Å²) < 4.78 is 9.42. The van der Waals surface area contributed by atoms with Crippen molar-refractivity contribution in [3.63, 3.8) is 0 Å². The van der Waals surface area contributed by atoms with Gasteiger partial charge in [0, 0.05) is 28.3 Å². The zero-order valence-corrected chi connectivity index (χ0v) is 6.75. The van der Waals surface area contributed by atoms with Gasteiger partial charge in [0.25, 0.3) is 5.91 Å². The van der Waals surface area contributed by atoms with Crippen LogP contribution < -0.4 is 0 Å². The maximum atomic E-state index is 11.0. The minimum atomic E-state index is -0.769. The first-order valence-corrected chi connectivity index (χ1v) is 2.90. The Hall–Kier alpha value is -0.610. The van der Waals surface area contributed by atoms with Gasteiger partial charge in [0.2, 0.25) is 6.29 Å². The lowest BCUT2D eigenvalue weighted by atomic mass is 10.5. The molecule has 0 spiro atoms. The fraction of sp³-hybridized carbons (Fsp3) is 0.833. The molecule has 60 valence electrons. The van der Waals surface area contributed by atoms with E-state index in [2.05, 4.69) is 0 Å². The largest absolute Gasteiger partial charge is 0.348 e. The van der Waals surface area contributed by atoms with E-state index in [-0.39, 0.29) is 5.91 Å². The van der Waals surface area contributed by atoms with Crippen molar-refractivity contribution in [1.82, 2.24) is 4.90 Å². The van der Waals surface area contributed by atoms with E-state index in [1.165, 1.54) is 19.1 Å². The molecule has 1 amide bonds. The molecular formula is C6H13NO3. The van der Waals surface area contributed by atoms with Crippen molar-refractivity contribution < 1.29 is 14.3 Å². The third kappa shape index (κ3) is 2.33. The first-order valence-electron chi connectivity index (χ1n) is 2.90. The van der Waals surface area contributed by atoms with E-state index in [4.69, 9.17) is 9.47 Å². The molecule has 4 heteroatoms. The Kier molecular flexibility index (Phi) is 3.99. The van der Waals surface area contributed by atoms with Crippen LogP contribution in [0.4, 0.5) is 0 Å². The van der Waals surface area contributed by atoms with Crippen LogP contribution in [0.25, 0.3) is 0 Å². The Morgan fingerprint density at radius 2 is 1.70 bits per heavy atom. The van der Waals surface area contributed by atoms with Gasteiger partial charge in [-0.3, -0.25) is 4.79 Å². The van der Waals surface area contributed by atoms with Gasteiger partial charge >= 0.3 is 0 Å². The molecule has 0 aliphatic carbocycles. The van der Waals surface area contributed by atoms with Crippen LogP contribution in [-0.4, -0.2) is 45.4 Å². The molecule has 0 aromatic carbocycles. The van der Waals surface area contributed by atoms with Crippen LogP contribution >= 0.6 is 0 Å². The highest BCUT2D eigenvalue weighted by molar-refractivity contribution is 5.78. The summed E-state index contributed by atoms with van der Waals surface area (Å²) in [6, 6.07) is 0. The Bertz CT molecular complexity index is 110. The summed E-state index contributed by atoms with van der Waals surface area (Å²) in [5, 5.41) is 0. The van der Waals surface area contributed by atoms with E-state index in [0.717, 1.165) is 0 Å². The molecule has 0 heterocycles. The minimum Gasteiger partial charge on any atom is -0.348 e. The molecule has 0 aromatic heterocycles. The zero-order valence-electron chi connectivity index (χ0n) is 6.75. The molecule has 10 heavy (non-hydrogen) atoms. The smallest absolute Gasteiger partial charge is 0.279 e. The van der Waals surface area contributed by atoms with E-state index in [9.17, 15) is 4.79 Å². The van der Waals surface area contributed by atoms with Crippen LogP contribution in [0.15, 0.2) is 0 Å². The molecule has 0 N–H and O–H groups in total. The number of hydrogen-bond acceptors (Lipinski definition) is 3. The summed E-state index contributed by atoms with van der Waals surface area (Å²) in [6.45, 7) is 0. The molecule has 0 aliphatic heterocycles. The number of nitrogens with zero attached hydrogens (tertiary/aromatic N) is 1. The summed E-state index contributed by atoms with van der Waals surface area (Å²) in [4.78, 5) is 12.4. The van der Waals surface area contributed by atoms with E-state index in [0.29, 0.717) is 0 Å². The topological polar surface area (TPSA) is 38.8 Å². The van der Waals surface area contributed by atoms with Gasteiger partial charge in [-0.05, 0) is 0 Å². The summed E-state index contributed by atoms with van der Waals surface area (Å²) >= 11 is 0. The maximum Gasteiger partial charge on any atom is 0.279 e. The Morgan fingerprint density at radius 3 is 1.80 bits per heavy atom. The highest BCUT2D eigenvalue weighted by atomic mass is 16.7. The number of hydrogen-bond donors (Lipinski definition) is 0. The lowest BCUT2D eigenvalue weighted by Gasteiger charge is -2.16. The van der Waals surface area contributed by atoms with Gasteiger partial charge in [-0.25, -0.2) is 0 Å². The number of likely N-dealkylation sites (N-methyl/N-ethyl adjacent to an activating group) is 1. The van der Waals surface area contributed by atoms with Gasteiger partial charge in [0.1, 0.15) is 0 Å². The first kappa shape index (κ1) is 9.39. The molecule has 0 aliphatic rings. The summed E-state index contributed by atoms with van der Waals surface area (Å²) in [5.41, 5.74) is 0. The average Bonchev–Trinajstić information content (AvgIpc) is 1.90. The summed E-state index contributed by atoms with van der Waals surface area (Å²) in [7, 11) is 6.14. The second kappa shape index (κ2) is 4.24. The monoisotopic (exact) mass is 147 g/mol. The van der Waals surface area contributed by atoms with Crippen LogP contribution in [0.2, 0.25) is 0 Å². The molecule has 0 bridgehead atoms. The van der Waals surface area contributed by atoms with E-state index < -0.39 is 6.29 Å². The van der Waals surface area contributed by atoms with E-state index in [1.807, 2.05) is 0 Å². The first-order chi connectivity index (χ1) is 4.63. The van der Waals surface area contributed by atoms with Crippen molar-refractivity contribution in [3.05, 3.63) is 0 Å². The van der Waals surface area contributed by atoms with Crippen molar-refractivity contribution in [2.24, 2.45) is 0 Å². The van der Waals surface area contributed by atoms with Crippen molar-refractivity contribution >= 4 is 5.91 Å². The molecule has 0 rings (SSSR count). The quantitative estimate of drug-likeness (QED) is 0.514. The minimum absolute atomic E-state index is 0.190. The lowest BCUT2D eigenvalue weighted by molar-refractivity contribution is -0.167. The zero-order chi connectivity index (χ0) is 8.15. The number of carbonyl (C=O) groups is 1. The molecular weight excluding hydrogens is 134 g/mol. The predicted molar refractivity (Wildman–Crippen MR) is 36.5 cm³/mol. The summed E-state index contributed by atoms with van der Waals surface area (Å²) in [6.07, 6.45) is -0.769. The number of methoxy groups -OCH3 is 2. The van der Waals surface area contributed by atoms with Crippen LogP contribution in [0.3, 0.4) is 0 Å². The van der Waals surface area contributed by atoms with Crippen molar-refractivity contribution in [1.29, 1.82) is 0 Å². The molecule has 0 radical (unpaired) electrons. The van der Waals surface area contributed by atoms with Crippen LogP contribution in [0.1, 0.15) is 0 Å². The molecule has 4 nitrogen and oxygen atoms in total. The Balaban J connectivity index is 3.89. The van der Waals surface area contributed by atoms with E-state index >= 15 is 0 Å². The molecule has 0 saturated carbocycles. The highest BCUT2D eigenvalue weighted by Crippen LogP contribution is 1.94. The normalized spacial score (nSPS) is 10.1. The van der Waals surface area contributed by atoms with Gasteiger partial charge in [-0.1, -0.05) is 0 Å². The molecule has 0 unspecified atom stereocenters. The second-order valence-electron chi connectivity index (χ2n) is 2.04.